The molecular formula is C13H12N2O2S2. The summed E-state index contributed by atoms with van der Waals surface area (Å²) >= 11 is 2.60. The summed E-state index contributed by atoms with van der Waals surface area (Å²) in [6, 6.07) is 6.88. The summed E-state index contributed by atoms with van der Waals surface area (Å²) in [5.41, 5.74) is 0.584. The zero-order chi connectivity index (χ0) is 14.1. The van der Waals surface area contributed by atoms with E-state index in [1.54, 1.807) is 43.0 Å². The van der Waals surface area contributed by atoms with Gasteiger partial charge >= 0.3 is 0 Å². The number of ether oxygens (including phenoxy) is 1. The third-order valence-electron chi connectivity index (χ3n) is 2.08. The number of methoxy groups -OCH3 is 1. The highest BCUT2D eigenvalue weighted by Crippen LogP contribution is 2.17. The molecule has 0 amide bonds. The molecule has 19 heavy (non-hydrogen) atoms. The van der Waals surface area contributed by atoms with E-state index in [2.05, 4.69) is 4.99 Å². The van der Waals surface area contributed by atoms with Crippen LogP contribution in [0.3, 0.4) is 0 Å². The molecular weight excluding hydrogens is 280 g/mol. The maximum Gasteiger partial charge on any atom is 0.207 e. The molecule has 98 valence electrons. The average Bonchev–Trinajstić information content (AvgIpc) is 2.46. The minimum absolute atomic E-state index is 0.104. The Morgan fingerprint density at radius 2 is 2.11 bits per heavy atom. The molecule has 0 radical (unpaired) electrons. The third-order valence-corrected chi connectivity index (χ3v) is 3.87. The van der Waals surface area contributed by atoms with Crippen molar-refractivity contribution in [3.63, 3.8) is 0 Å². The number of thioether (sulfide) groups is 2. The van der Waals surface area contributed by atoms with Crippen molar-refractivity contribution in [1.82, 2.24) is 0 Å². The van der Waals surface area contributed by atoms with Crippen LogP contribution in [0.5, 0.6) is 5.75 Å². The lowest BCUT2D eigenvalue weighted by Gasteiger charge is -2.00. The summed E-state index contributed by atoms with van der Waals surface area (Å²) in [5, 5.41) is 10.1. The molecule has 0 fully saturated rings. The second-order valence-electron chi connectivity index (χ2n) is 3.20. The fourth-order valence-corrected chi connectivity index (χ4v) is 2.25. The van der Waals surface area contributed by atoms with Crippen LogP contribution in [0.1, 0.15) is 10.4 Å². The number of hydrogen-bond acceptors (Lipinski definition) is 6. The molecule has 0 N–H and O–H groups in total. The minimum atomic E-state index is -0.104. The monoisotopic (exact) mass is 292 g/mol. The lowest BCUT2D eigenvalue weighted by Crippen LogP contribution is -1.94. The van der Waals surface area contributed by atoms with Gasteiger partial charge in [0.1, 0.15) is 10.1 Å². The second kappa shape index (κ2) is 8.40. The van der Waals surface area contributed by atoms with E-state index in [4.69, 9.17) is 10.00 Å². The first-order chi connectivity index (χ1) is 9.21. The average molecular weight is 292 g/mol. The van der Waals surface area contributed by atoms with Crippen LogP contribution in [0.15, 0.2) is 40.7 Å². The number of carbonyl (C=O) groups excluding carboxylic acids is 1. The van der Waals surface area contributed by atoms with Crippen molar-refractivity contribution in [2.75, 3.05) is 13.4 Å². The van der Waals surface area contributed by atoms with Gasteiger partial charge in [0.05, 0.1) is 7.11 Å². The predicted molar refractivity (Wildman–Crippen MR) is 80.6 cm³/mol. The normalized spacial score (nSPS) is 11.3. The van der Waals surface area contributed by atoms with Crippen LogP contribution in [-0.4, -0.2) is 23.5 Å². The summed E-state index contributed by atoms with van der Waals surface area (Å²) in [6.45, 7) is 0. The topological polar surface area (TPSA) is 62.4 Å². The number of benzene rings is 1. The molecule has 1 rings (SSSR count). The van der Waals surface area contributed by atoms with Gasteiger partial charge < -0.3 is 4.74 Å². The van der Waals surface area contributed by atoms with Gasteiger partial charge in [-0.05, 0) is 42.0 Å². The fourth-order valence-electron chi connectivity index (χ4n) is 1.17. The van der Waals surface area contributed by atoms with Crippen molar-refractivity contribution in [3.05, 3.63) is 41.3 Å². The smallest absolute Gasteiger partial charge is 0.207 e. The van der Waals surface area contributed by atoms with Crippen LogP contribution < -0.4 is 4.74 Å². The lowest BCUT2D eigenvalue weighted by atomic mass is 10.1. The van der Waals surface area contributed by atoms with Crippen molar-refractivity contribution in [3.8, 4) is 11.9 Å². The SMILES string of the molecule is COc1ccc(C(=O)C=CSC(=NC#N)SC)cc1. The quantitative estimate of drug-likeness (QED) is 0.280. The Balaban J connectivity index is 2.64. The molecule has 0 aliphatic heterocycles. The van der Waals surface area contributed by atoms with Gasteiger partial charge in [0.15, 0.2) is 5.78 Å². The molecule has 1 aromatic carbocycles. The Kier molecular flexibility index (Phi) is 6.79. The fraction of sp³-hybridized carbons (Fsp3) is 0.154. The van der Waals surface area contributed by atoms with Crippen molar-refractivity contribution in [2.45, 2.75) is 0 Å². The van der Waals surface area contributed by atoms with Crippen LogP contribution >= 0.6 is 23.5 Å². The maximum atomic E-state index is 11.8. The van der Waals surface area contributed by atoms with Crippen molar-refractivity contribution < 1.29 is 9.53 Å². The molecule has 0 unspecified atom stereocenters. The lowest BCUT2D eigenvalue weighted by molar-refractivity contribution is 0.104. The highest BCUT2D eigenvalue weighted by molar-refractivity contribution is 8.39. The number of ketones is 1. The van der Waals surface area contributed by atoms with Gasteiger partial charge in [0.2, 0.25) is 6.19 Å². The maximum absolute atomic E-state index is 11.8. The summed E-state index contributed by atoms with van der Waals surface area (Å²) in [7, 11) is 1.58. The van der Waals surface area contributed by atoms with E-state index in [-0.39, 0.29) is 5.78 Å². The van der Waals surface area contributed by atoms with Crippen LogP contribution in [-0.2, 0) is 0 Å². The number of carbonyl (C=O) groups is 1. The van der Waals surface area contributed by atoms with Crippen LogP contribution in [0.4, 0.5) is 0 Å². The molecule has 6 heteroatoms. The van der Waals surface area contributed by atoms with E-state index >= 15 is 0 Å². The minimum Gasteiger partial charge on any atom is -0.497 e. The van der Waals surface area contributed by atoms with E-state index in [9.17, 15) is 4.79 Å². The first-order valence-corrected chi connectivity index (χ1v) is 7.34. The van der Waals surface area contributed by atoms with Crippen LogP contribution in [0.2, 0.25) is 0 Å². The van der Waals surface area contributed by atoms with Crippen molar-refractivity contribution >= 4 is 33.7 Å². The molecule has 0 aromatic heterocycles. The Labute approximate surface area is 120 Å². The first-order valence-electron chi connectivity index (χ1n) is 5.23. The van der Waals surface area contributed by atoms with E-state index in [0.29, 0.717) is 15.7 Å². The Bertz CT molecular complexity index is 531. The number of nitriles is 1. The van der Waals surface area contributed by atoms with E-state index in [1.165, 1.54) is 29.6 Å². The number of aliphatic imine (C=N–C) groups is 1. The van der Waals surface area contributed by atoms with Crippen LogP contribution in [0, 0.1) is 11.5 Å². The van der Waals surface area contributed by atoms with E-state index in [0.717, 1.165) is 0 Å². The molecule has 0 saturated heterocycles. The van der Waals surface area contributed by atoms with Gasteiger partial charge in [-0.25, -0.2) is 0 Å². The van der Waals surface area contributed by atoms with Gasteiger partial charge in [-0.1, -0.05) is 11.8 Å². The van der Waals surface area contributed by atoms with Gasteiger partial charge in [0, 0.05) is 5.56 Å². The van der Waals surface area contributed by atoms with Gasteiger partial charge in [-0.3, -0.25) is 4.79 Å². The van der Waals surface area contributed by atoms with E-state index in [1.807, 2.05) is 6.26 Å². The van der Waals surface area contributed by atoms with Gasteiger partial charge in [-0.15, -0.1) is 11.8 Å². The molecule has 0 saturated carbocycles. The zero-order valence-electron chi connectivity index (χ0n) is 10.5. The Morgan fingerprint density at radius 3 is 2.63 bits per heavy atom. The van der Waals surface area contributed by atoms with Gasteiger partial charge in [-0.2, -0.15) is 10.3 Å². The Morgan fingerprint density at radius 1 is 1.42 bits per heavy atom. The highest BCUT2D eigenvalue weighted by Gasteiger charge is 2.02. The first kappa shape index (κ1) is 15.3. The highest BCUT2D eigenvalue weighted by atomic mass is 32.2. The van der Waals surface area contributed by atoms with Crippen LogP contribution in [0.25, 0.3) is 0 Å². The standard InChI is InChI=1S/C13H12N2O2S2/c1-17-11-5-3-10(4-6-11)12(16)7-8-19-13(18-2)15-9-14/h3-8H,1-2H3. The third kappa shape index (κ3) is 5.20. The number of rotatable bonds is 4. The summed E-state index contributed by atoms with van der Waals surface area (Å²) in [5.74, 6) is 0.605. The number of nitrogens with zero attached hydrogens (tertiary/aromatic N) is 2. The number of allylic oxidation sites excluding steroid dienone is 1. The molecule has 0 bridgehead atoms. The van der Waals surface area contributed by atoms with Gasteiger partial charge in [0.25, 0.3) is 0 Å². The number of hydrogen-bond donors (Lipinski definition) is 0. The summed E-state index contributed by atoms with van der Waals surface area (Å²) < 4.78 is 5.62. The molecule has 0 heterocycles. The van der Waals surface area contributed by atoms with Crippen molar-refractivity contribution in [2.24, 2.45) is 4.99 Å². The molecule has 0 spiro atoms. The molecule has 1 aromatic rings. The molecule has 0 aliphatic carbocycles. The molecule has 0 aliphatic rings. The molecule has 4 nitrogen and oxygen atoms in total. The summed E-state index contributed by atoms with van der Waals surface area (Å²) in [6.07, 6.45) is 4.99. The Hall–Kier alpha value is -1.71. The molecule has 0 atom stereocenters. The van der Waals surface area contributed by atoms with E-state index < -0.39 is 0 Å². The van der Waals surface area contributed by atoms with Crippen molar-refractivity contribution in [1.29, 1.82) is 5.26 Å². The predicted octanol–water partition coefficient (Wildman–Crippen LogP) is 3.32. The zero-order valence-corrected chi connectivity index (χ0v) is 12.1. The largest absolute Gasteiger partial charge is 0.497 e. The summed E-state index contributed by atoms with van der Waals surface area (Å²) in [4.78, 5) is 15.4. The second-order valence-corrected chi connectivity index (χ2v) is 5.14.